The van der Waals surface area contributed by atoms with Gasteiger partial charge >= 0.3 is 0 Å². The number of nitrogens with zero attached hydrogens (tertiary/aromatic N) is 3. The van der Waals surface area contributed by atoms with Crippen LogP contribution in [-0.2, 0) is 11.8 Å². The standard InChI is InChI=1S/C16H15FN4OS2/c1-10-5-6-11(17)8-12(10)18-14(22)9-24-16-20-19-15(21(16)2)13-4-3-7-23-13/h3-8H,9H2,1-2H3,(H,18,22). The molecule has 5 nitrogen and oxygen atoms in total. The van der Waals surface area contributed by atoms with Crippen molar-refractivity contribution in [1.29, 1.82) is 0 Å². The predicted molar refractivity (Wildman–Crippen MR) is 94.8 cm³/mol. The Morgan fingerprint density at radius 3 is 2.96 bits per heavy atom. The first-order valence-electron chi connectivity index (χ1n) is 7.16. The second-order valence-corrected chi connectivity index (χ2v) is 7.03. The molecule has 0 aliphatic heterocycles. The fraction of sp³-hybridized carbons (Fsp3) is 0.188. The fourth-order valence-electron chi connectivity index (χ4n) is 2.11. The largest absolute Gasteiger partial charge is 0.325 e. The highest BCUT2D eigenvalue weighted by Crippen LogP contribution is 2.26. The Labute approximate surface area is 146 Å². The van der Waals surface area contributed by atoms with E-state index < -0.39 is 0 Å². The Morgan fingerprint density at radius 1 is 1.38 bits per heavy atom. The van der Waals surface area contributed by atoms with E-state index in [4.69, 9.17) is 0 Å². The van der Waals surface area contributed by atoms with Crippen molar-refractivity contribution in [2.24, 2.45) is 7.05 Å². The molecular weight excluding hydrogens is 347 g/mol. The number of carbonyl (C=O) groups excluding carboxylic acids is 1. The number of halogens is 1. The summed E-state index contributed by atoms with van der Waals surface area (Å²) in [6.45, 7) is 1.82. The molecule has 0 saturated carbocycles. The number of thioether (sulfide) groups is 1. The molecule has 3 aromatic rings. The maximum Gasteiger partial charge on any atom is 0.234 e. The number of benzene rings is 1. The van der Waals surface area contributed by atoms with Gasteiger partial charge < -0.3 is 9.88 Å². The molecular formula is C16H15FN4OS2. The lowest BCUT2D eigenvalue weighted by Gasteiger charge is -2.08. The number of amides is 1. The first-order valence-corrected chi connectivity index (χ1v) is 9.03. The fourth-order valence-corrected chi connectivity index (χ4v) is 3.56. The zero-order valence-corrected chi connectivity index (χ0v) is 14.7. The van der Waals surface area contributed by atoms with Crippen molar-refractivity contribution >= 4 is 34.7 Å². The van der Waals surface area contributed by atoms with Gasteiger partial charge in [-0.3, -0.25) is 4.79 Å². The first-order chi connectivity index (χ1) is 11.5. The Hall–Kier alpha value is -2.19. The number of carbonyl (C=O) groups is 1. The van der Waals surface area contributed by atoms with Crippen molar-refractivity contribution in [3.63, 3.8) is 0 Å². The molecule has 0 radical (unpaired) electrons. The summed E-state index contributed by atoms with van der Waals surface area (Å²) in [7, 11) is 1.87. The number of rotatable bonds is 5. The minimum Gasteiger partial charge on any atom is -0.325 e. The van der Waals surface area contributed by atoms with Crippen LogP contribution < -0.4 is 5.32 Å². The number of hydrogen-bond donors (Lipinski definition) is 1. The summed E-state index contributed by atoms with van der Waals surface area (Å²) in [5, 5.41) is 13.6. The minimum atomic E-state index is -0.377. The maximum absolute atomic E-state index is 13.3. The van der Waals surface area contributed by atoms with Crippen molar-refractivity contribution in [1.82, 2.24) is 14.8 Å². The Bertz CT molecular complexity index is 861. The van der Waals surface area contributed by atoms with Gasteiger partial charge in [0.05, 0.1) is 10.6 Å². The third kappa shape index (κ3) is 3.65. The summed E-state index contributed by atoms with van der Waals surface area (Å²) >= 11 is 2.88. The van der Waals surface area contributed by atoms with Crippen LogP contribution in [0.3, 0.4) is 0 Å². The van der Waals surface area contributed by atoms with Gasteiger partial charge in [0.25, 0.3) is 0 Å². The normalized spacial score (nSPS) is 10.8. The smallest absolute Gasteiger partial charge is 0.234 e. The number of hydrogen-bond acceptors (Lipinski definition) is 5. The predicted octanol–water partition coefficient (Wildman–Crippen LogP) is 3.72. The summed E-state index contributed by atoms with van der Waals surface area (Å²) in [5.41, 5.74) is 1.30. The third-order valence-electron chi connectivity index (χ3n) is 3.38. The average molecular weight is 362 g/mol. The molecule has 1 amide bonds. The monoisotopic (exact) mass is 362 g/mol. The molecule has 1 N–H and O–H groups in total. The Morgan fingerprint density at radius 2 is 2.21 bits per heavy atom. The summed E-state index contributed by atoms with van der Waals surface area (Å²) in [5.74, 6) is 0.354. The van der Waals surface area contributed by atoms with E-state index in [0.29, 0.717) is 10.8 Å². The van der Waals surface area contributed by atoms with E-state index >= 15 is 0 Å². The number of nitrogens with one attached hydrogen (secondary N) is 1. The van der Waals surface area contributed by atoms with Crippen molar-refractivity contribution in [3.8, 4) is 10.7 Å². The Balaban J connectivity index is 1.64. The van der Waals surface area contributed by atoms with Crippen LogP contribution in [0.2, 0.25) is 0 Å². The molecule has 0 aliphatic rings. The summed E-state index contributed by atoms with van der Waals surface area (Å²) in [4.78, 5) is 13.1. The quantitative estimate of drug-likeness (QED) is 0.703. The number of thiophene rings is 1. The number of aromatic nitrogens is 3. The number of anilines is 1. The van der Waals surface area contributed by atoms with Crippen LogP contribution in [0.5, 0.6) is 0 Å². The van der Waals surface area contributed by atoms with Gasteiger partial charge in [-0.15, -0.1) is 21.5 Å². The topological polar surface area (TPSA) is 59.8 Å². The zero-order chi connectivity index (χ0) is 17.1. The van der Waals surface area contributed by atoms with Crippen molar-refractivity contribution < 1.29 is 9.18 Å². The summed E-state index contributed by atoms with van der Waals surface area (Å²) < 4.78 is 15.1. The SMILES string of the molecule is Cc1ccc(F)cc1NC(=O)CSc1nnc(-c2cccs2)n1C. The van der Waals surface area contributed by atoms with Crippen molar-refractivity contribution in [2.45, 2.75) is 12.1 Å². The average Bonchev–Trinajstić information content (AvgIpc) is 3.18. The van der Waals surface area contributed by atoms with Gasteiger partial charge in [-0.25, -0.2) is 4.39 Å². The van der Waals surface area contributed by atoms with Crippen molar-refractivity contribution in [3.05, 3.63) is 47.1 Å². The van der Waals surface area contributed by atoms with Crippen LogP contribution in [0.1, 0.15) is 5.56 Å². The lowest BCUT2D eigenvalue weighted by molar-refractivity contribution is -0.113. The minimum absolute atomic E-state index is 0.173. The summed E-state index contributed by atoms with van der Waals surface area (Å²) in [6, 6.07) is 8.24. The molecule has 0 aliphatic carbocycles. The van der Waals surface area contributed by atoms with E-state index in [1.54, 1.807) is 17.4 Å². The highest BCUT2D eigenvalue weighted by molar-refractivity contribution is 7.99. The molecule has 0 fully saturated rings. The maximum atomic E-state index is 13.3. The molecule has 0 saturated heterocycles. The third-order valence-corrected chi connectivity index (χ3v) is 5.27. The molecule has 3 rings (SSSR count). The second-order valence-electron chi connectivity index (χ2n) is 5.14. The molecule has 0 unspecified atom stereocenters. The molecule has 0 spiro atoms. The van der Waals surface area contributed by atoms with Gasteiger partial charge in [-0.05, 0) is 36.1 Å². The van der Waals surface area contributed by atoms with Crippen LogP contribution in [0.25, 0.3) is 10.7 Å². The van der Waals surface area contributed by atoms with Crippen LogP contribution in [-0.4, -0.2) is 26.4 Å². The molecule has 2 heterocycles. The Kier molecular flexibility index (Phi) is 4.96. The van der Waals surface area contributed by atoms with E-state index in [-0.39, 0.29) is 17.5 Å². The van der Waals surface area contributed by atoms with E-state index in [2.05, 4.69) is 15.5 Å². The van der Waals surface area contributed by atoms with Crippen molar-refractivity contribution in [2.75, 3.05) is 11.1 Å². The van der Waals surface area contributed by atoms with E-state index in [1.807, 2.05) is 36.1 Å². The zero-order valence-electron chi connectivity index (χ0n) is 13.1. The van der Waals surface area contributed by atoms with E-state index in [1.165, 1.54) is 23.9 Å². The first kappa shape index (κ1) is 16.7. The second kappa shape index (κ2) is 7.14. The van der Waals surface area contributed by atoms with Gasteiger partial charge in [0, 0.05) is 12.7 Å². The van der Waals surface area contributed by atoms with Gasteiger partial charge in [-0.2, -0.15) is 0 Å². The van der Waals surface area contributed by atoms with Crippen LogP contribution >= 0.6 is 23.1 Å². The molecule has 0 atom stereocenters. The van der Waals surface area contributed by atoms with E-state index in [0.717, 1.165) is 16.3 Å². The lowest BCUT2D eigenvalue weighted by atomic mass is 10.2. The van der Waals surface area contributed by atoms with Gasteiger partial charge in [0.2, 0.25) is 5.91 Å². The van der Waals surface area contributed by atoms with Gasteiger partial charge in [-0.1, -0.05) is 23.9 Å². The molecule has 2 aromatic heterocycles. The van der Waals surface area contributed by atoms with Crippen LogP contribution in [0.4, 0.5) is 10.1 Å². The molecule has 24 heavy (non-hydrogen) atoms. The molecule has 1 aromatic carbocycles. The molecule has 0 bridgehead atoms. The van der Waals surface area contributed by atoms with Crippen LogP contribution in [0, 0.1) is 12.7 Å². The van der Waals surface area contributed by atoms with E-state index in [9.17, 15) is 9.18 Å². The molecule has 124 valence electrons. The highest BCUT2D eigenvalue weighted by Gasteiger charge is 2.14. The molecule has 8 heteroatoms. The van der Waals surface area contributed by atoms with Gasteiger partial charge in [0.1, 0.15) is 5.82 Å². The number of aryl methyl sites for hydroxylation is 1. The van der Waals surface area contributed by atoms with Crippen LogP contribution in [0.15, 0.2) is 40.9 Å². The lowest BCUT2D eigenvalue weighted by Crippen LogP contribution is -2.15. The summed E-state index contributed by atoms with van der Waals surface area (Å²) in [6.07, 6.45) is 0. The van der Waals surface area contributed by atoms with Gasteiger partial charge in [0.15, 0.2) is 11.0 Å². The highest BCUT2D eigenvalue weighted by atomic mass is 32.2.